The van der Waals surface area contributed by atoms with E-state index in [9.17, 15) is 4.79 Å². The van der Waals surface area contributed by atoms with E-state index in [0.29, 0.717) is 0 Å². The fraction of sp³-hybridized carbons (Fsp3) is 0.533. The van der Waals surface area contributed by atoms with E-state index in [-0.39, 0.29) is 12.0 Å². The van der Waals surface area contributed by atoms with Crippen LogP contribution in [0.15, 0.2) is 18.2 Å². The average molecular weight is 278 g/mol. The summed E-state index contributed by atoms with van der Waals surface area (Å²) in [6, 6.07) is 5.71. The molecule has 1 aliphatic carbocycles. The van der Waals surface area contributed by atoms with Crippen LogP contribution in [-0.4, -0.2) is 24.8 Å². The van der Waals surface area contributed by atoms with Gasteiger partial charge in [0, 0.05) is 17.6 Å². The van der Waals surface area contributed by atoms with E-state index < -0.39 is 11.7 Å². The van der Waals surface area contributed by atoms with Gasteiger partial charge in [0.2, 0.25) is 0 Å². The summed E-state index contributed by atoms with van der Waals surface area (Å²) in [6.45, 7) is 5.49. The van der Waals surface area contributed by atoms with Crippen LogP contribution in [0.3, 0.4) is 0 Å². The Kier molecular flexibility index (Phi) is 3.90. The molecule has 1 saturated carbocycles. The third-order valence-corrected chi connectivity index (χ3v) is 3.13. The number of nitrogens with one attached hydrogen (secondary N) is 1. The minimum absolute atomic E-state index is 0.154. The first-order chi connectivity index (χ1) is 9.30. The molecule has 5 nitrogen and oxygen atoms in total. The molecule has 0 spiro atoms. The Morgan fingerprint density at radius 2 is 2.05 bits per heavy atom. The Hall–Kier alpha value is -1.75. The van der Waals surface area contributed by atoms with Crippen molar-refractivity contribution in [3.63, 3.8) is 0 Å². The average Bonchev–Trinajstić information content (AvgIpc) is 3.04. The predicted molar refractivity (Wildman–Crippen MR) is 78.2 cm³/mol. The van der Waals surface area contributed by atoms with Gasteiger partial charge in [0.05, 0.1) is 7.11 Å². The van der Waals surface area contributed by atoms with Crippen LogP contribution in [0.1, 0.15) is 38.7 Å². The van der Waals surface area contributed by atoms with Gasteiger partial charge in [-0.25, -0.2) is 4.79 Å². The molecule has 2 rings (SSSR count). The Labute approximate surface area is 119 Å². The summed E-state index contributed by atoms with van der Waals surface area (Å²) in [6.07, 6.45) is 0.467. The van der Waals surface area contributed by atoms with Crippen molar-refractivity contribution in [3.05, 3.63) is 23.8 Å². The lowest BCUT2D eigenvalue weighted by Gasteiger charge is -2.20. The van der Waals surface area contributed by atoms with Gasteiger partial charge in [0.15, 0.2) is 0 Å². The van der Waals surface area contributed by atoms with E-state index in [2.05, 4.69) is 5.32 Å². The number of nitrogens with two attached hydrogens (primary N) is 1. The second-order valence-corrected chi connectivity index (χ2v) is 6.09. The van der Waals surface area contributed by atoms with Crippen LogP contribution in [0.2, 0.25) is 0 Å². The van der Waals surface area contributed by atoms with Gasteiger partial charge in [-0.15, -0.1) is 0 Å². The first kappa shape index (κ1) is 14.7. The number of hydrogen-bond donors (Lipinski definition) is 2. The zero-order valence-corrected chi connectivity index (χ0v) is 12.4. The molecule has 0 saturated heterocycles. The lowest BCUT2D eigenvalue weighted by Crippen LogP contribution is -2.27. The van der Waals surface area contributed by atoms with Crippen LogP contribution in [0, 0.1) is 0 Å². The summed E-state index contributed by atoms with van der Waals surface area (Å²) < 4.78 is 10.5. The zero-order valence-electron chi connectivity index (χ0n) is 12.4. The van der Waals surface area contributed by atoms with Crippen molar-refractivity contribution in [2.24, 2.45) is 5.73 Å². The van der Waals surface area contributed by atoms with Crippen LogP contribution in [0.25, 0.3) is 0 Å². The molecule has 110 valence electrons. The molecular weight excluding hydrogens is 256 g/mol. The third kappa shape index (κ3) is 3.63. The first-order valence-electron chi connectivity index (χ1n) is 6.73. The predicted octanol–water partition coefficient (Wildman–Crippen LogP) is 2.86. The Morgan fingerprint density at radius 1 is 1.40 bits per heavy atom. The first-order valence-corrected chi connectivity index (χ1v) is 6.73. The molecule has 5 heteroatoms. The molecule has 2 unspecified atom stereocenters. The van der Waals surface area contributed by atoms with Crippen LogP contribution < -0.4 is 15.8 Å². The number of ether oxygens (including phenoxy) is 2. The summed E-state index contributed by atoms with van der Waals surface area (Å²) in [5.74, 6) is 1.03. The lowest BCUT2D eigenvalue weighted by atomic mass is 10.1. The minimum Gasteiger partial charge on any atom is -0.497 e. The van der Waals surface area contributed by atoms with E-state index in [4.69, 9.17) is 15.2 Å². The van der Waals surface area contributed by atoms with Crippen molar-refractivity contribution in [2.75, 3.05) is 12.4 Å². The normalized spacial score (nSPS) is 21.2. The van der Waals surface area contributed by atoms with Gasteiger partial charge in [-0.2, -0.15) is 0 Å². The van der Waals surface area contributed by atoms with Gasteiger partial charge in [0.25, 0.3) is 0 Å². The molecule has 0 heterocycles. The molecule has 0 radical (unpaired) electrons. The highest BCUT2D eigenvalue weighted by molar-refractivity contribution is 5.86. The van der Waals surface area contributed by atoms with Crippen LogP contribution in [0.4, 0.5) is 10.5 Å². The van der Waals surface area contributed by atoms with Gasteiger partial charge < -0.3 is 15.2 Å². The fourth-order valence-electron chi connectivity index (χ4n) is 2.07. The van der Waals surface area contributed by atoms with Crippen molar-refractivity contribution in [2.45, 2.75) is 44.8 Å². The quantitative estimate of drug-likeness (QED) is 0.891. The number of methoxy groups -OCH3 is 1. The zero-order chi connectivity index (χ0) is 14.9. The van der Waals surface area contributed by atoms with Crippen molar-refractivity contribution in [1.82, 2.24) is 0 Å². The summed E-state index contributed by atoms with van der Waals surface area (Å²) in [5.41, 5.74) is 7.12. The van der Waals surface area contributed by atoms with Crippen molar-refractivity contribution in [3.8, 4) is 5.75 Å². The Balaban J connectivity index is 2.16. The molecule has 20 heavy (non-hydrogen) atoms. The molecule has 3 N–H and O–H groups in total. The second-order valence-electron chi connectivity index (χ2n) is 6.09. The van der Waals surface area contributed by atoms with E-state index in [1.54, 1.807) is 7.11 Å². The monoisotopic (exact) mass is 278 g/mol. The van der Waals surface area contributed by atoms with Crippen molar-refractivity contribution < 1.29 is 14.3 Å². The standard InChI is InChI=1S/C15H22N2O3/c1-15(2,3)20-14(18)17-13-6-5-9(19-4)7-11(13)10-8-12(10)16/h5-7,10,12H,8,16H2,1-4H3,(H,17,18). The lowest BCUT2D eigenvalue weighted by molar-refractivity contribution is 0.0636. The van der Waals surface area contributed by atoms with Crippen molar-refractivity contribution in [1.29, 1.82) is 0 Å². The molecule has 2 atom stereocenters. The molecule has 1 fully saturated rings. The SMILES string of the molecule is COc1ccc(NC(=O)OC(C)(C)C)c(C2CC2N)c1. The number of hydrogen-bond acceptors (Lipinski definition) is 4. The maximum Gasteiger partial charge on any atom is 0.412 e. The smallest absolute Gasteiger partial charge is 0.412 e. The molecule has 1 aromatic rings. The van der Waals surface area contributed by atoms with E-state index in [1.165, 1.54) is 0 Å². The minimum atomic E-state index is -0.521. The van der Waals surface area contributed by atoms with Gasteiger partial charge in [-0.3, -0.25) is 5.32 Å². The second kappa shape index (κ2) is 5.32. The van der Waals surface area contributed by atoms with E-state index in [0.717, 1.165) is 23.4 Å². The topological polar surface area (TPSA) is 73.6 Å². The molecule has 1 amide bonds. The van der Waals surface area contributed by atoms with Crippen molar-refractivity contribution >= 4 is 11.8 Å². The Morgan fingerprint density at radius 3 is 2.55 bits per heavy atom. The fourth-order valence-corrected chi connectivity index (χ4v) is 2.07. The highest BCUT2D eigenvalue weighted by Crippen LogP contribution is 2.43. The van der Waals surface area contributed by atoms with Gasteiger partial charge in [-0.1, -0.05) is 0 Å². The van der Waals surface area contributed by atoms with E-state index in [1.807, 2.05) is 39.0 Å². The Bertz CT molecular complexity index is 508. The summed E-state index contributed by atoms with van der Waals surface area (Å²) in [5, 5.41) is 2.79. The molecule has 0 bridgehead atoms. The molecule has 1 aromatic carbocycles. The molecule has 1 aliphatic rings. The third-order valence-electron chi connectivity index (χ3n) is 3.13. The number of carbonyl (C=O) groups is 1. The van der Waals surface area contributed by atoms with Gasteiger partial charge in [0.1, 0.15) is 11.4 Å². The number of anilines is 1. The maximum atomic E-state index is 11.9. The van der Waals surface area contributed by atoms with Crippen LogP contribution in [0.5, 0.6) is 5.75 Å². The largest absolute Gasteiger partial charge is 0.497 e. The summed E-state index contributed by atoms with van der Waals surface area (Å²) in [7, 11) is 1.62. The highest BCUT2D eigenvalue weighted by Gasteiger charge is 2.37. The molecular formula is C15H22N2O3. The maximum absolute atomic E-state index is 11.9. The highest BCUT2D eigenvalue weighted by atomic mass is 16.6. The number of amides is 1. The number of benzene rings is 1. The summed E-state index contributed by atoms with van der Waals surface area (Å²) >= 11 is 0. The van der Waals surface area contributed by atoms with Crippen LogP contribution >= 0.6 is 0 Å². The molecule has 0 aliphatic heterocycles. The van der Waals surface area contributed by atoms with Crippen LogP contribution in [-0.2, 0) is 4.74 Å². The number of rotatable bonds is 3. The molecule has 0 aromatic heterocycles. The van der Waals surface area contributed by atoms with E-state index >= 15 is 0 Å². The number of carbonyl (C=O) groups excluding carboxylic acids is 1. The van der Waals surface area contributed by atoms with Gasteiger partial charge in [-0.05, 0) is 51.0 Å². The summed E-state index contributed by atoms with van der Waals surface area (Å²) in [4.78, 5) is 11.9. The van der Waals surface area contributed by atoms with Gasteiger partial charge >= 0.3 is 6.09 Å².